The second-order valence-corrected chi connectivity index (χ2v) is 4.74. The van der Waals surface area contributed by atoms with Gasteiger partial charge >= 0.3 is 0 Å². The van der Waals surface area contributed by atoms with E-state index in [-0.39, 0.29) is 23.4 Å². The Bertz CT molecular complexity index is 591. The molecule has 0 bridgehead atoms. The number of phenols is 1. The number of rotatable bonds is 3. The monoisotopic (exact) mass is 274 g/mol. The summed E-state index contributed by atoms with van der Waals surface area (Å²) in [5, 5.41) is 12.7. The van der Waals surface area contributed by atoms with E-state index in [1.165, 1.54) is 24.8 Å². The predicted molar refractivity (Wildman–Crippen MR) is 78.1 cm³/mol. The number of amides is 1. The van der Waals surface area contributed by atoms with Crippen molar-refractivity contribution in [3.63, 3.8) is 0 Å². The highest BCUT2D eigenvalue weighted by Gasteiger charge is 2.21. The van der Waals surface area contributed by atoms with Crippen molar-refractivity contribution < 1.29 is 14.6 Å². The van der Waals surface area contributed by atoms with Crippen molar-refractivity contribution in [3.05, 3.63) is 29.3 Å². The summed E-state index contributed by atoms with van der Waals surface area (Å²) in [4.78, 5) is 16.5. The first-order valence-electron chi connectivity index (χ1n) is 6.43. The molecule has 1 aliphatic heterocycles. The summed E-state index contributed by atoms with van der Waals surface area (Å²) in [5.74, 6) is 0.0150. The molecule has 1 amide bonds. The molecule has 1 aromatic carbocycles. The van der Waals surface area contributed by atoms with E-state index in [0.29, 0.717) is 17.7 Å². The van der Waals surface area contributed by atoms with Crippen LogP contribution in [0.4, 0.5) is 5.69 Å². The number of carbonyl (C=O) groups excluding carboxylic acids is 1. The Kier molecular flexibility index (Phi) is 4.08. The van der Waals surface area contributed by atoms with Gasteiger partial charge in [-0.3, -0.25) is 9.79 Å². The summed E-state index contributed by atoms with van der Waals surface area (Å²) in [6.45, 7) is 3.97. The van der Waals surface area contributed by atoms with Gasteiger partial charge in [-0.2, -0.15) is 0 Å². The highest BCUT2D eigenvalue weighted by molar-refractivity contribution is 6.03. The molecular weight excluding hydrogens is 256 g/mol. The lowest BCUT2D eigenvalue weighted by Gasteiger charge is -2.13. The normalized spacial score (nSPS) is 18.2. The fourth-order valence-electron chi connectivity index (χ4n) is 2.03. The van der Waals surface area contributed by atoms with E-state index in [1.54, 1.807) is 6.21 Å². The molecule has 1 aliphatic rings. The van der Waals surface area contributed by atoms with Gasteiger partial charge in [0, 0.05) is 12.3 Å². The van der Waals surface area contributed by atoms with Crippen LogP contribution in [0.3, 0.4) is 0 Å². The zero-order valence-corrected chi connectivity index (χ0v) is 11.8. The number of carbonyl (C=O) groups is 1. The topological polar surface area (TPSA) is 70.9 Å². The van der Waals surface area contributed by atoms with Gasteiger partial charge in [-0.1, -0.05) is 11.6 Å². The van der Waals surface area contributed by atoms with E-state index in [9.17, 15) is 9.90 Å². The van der Waals surface area contributed by atoms with E-state index < -0.39 is 0 Å². The third-order valence-electron chi connectivity index (χ3n) is 3.29. The van der Waals surface area contributed by atoms with Gasteiger partial charge in [-0.15, -0.1) is 0 Å². The fraction of sp³-hybridized carbons (Fsp3) is 0.333. The van der Waals surface area contributed by atoms with Crippen LogP contribution in [0.5, 0.6) is 11.5 Å². The van der Waals surface area contributed by atoms with Crippen LogP contribution in [0.1, 0.15) is 30.6 Å². The Morgan fingerprint density at radius 1 is 1.55 bits per heavy atom. The van der Waals surface area contributed by atoms with Crippen molar-refractivity contribution in [2.45, 2.75) is 26.3 Å². The van der Waals surface area contributed by atoms with E-state index >= 15 is 0 Å². The first kappa shape index (κ1) is 14.1. The number of nitrogens with one attached hydrogen (secondary N) is 1. The van der Waals surface area contributed by atoms with E-state index in [2.05, 4.69) is 10.3 Å². The molecule has 0 fully saturated rings. The van der Waals surface area contributed by atoms with Crippen molar-refractivity contribution in [2.75, 3.05) is 7.11 Å². The van der Waals surface area contributed by atoms with Crippen molar-refractivity contribution in [1.29, 1.82) is 0 Å². The Labute approximate surface area is 118 Å². The zero-order valence-electron chi connectivity index (χ0n) is 11.8. The van der Waals surface area contributed by atoms with Crippen LogP contribution in [0.25, 0.3) is 0 Å². The molecule has 20 heavy (non-hydrogen) atoms. The minimum atomic E-state index is -0.218. The van der Waals surface area contributed by atoms with Gasteiger partial charge in [0.05, 0.1) is 24.4 Å². The molecule has 2 rings (SSSR count). The number of allylic oxidation sites excluding steroid dienone is 1. The Balaban J connectivity index is 2.34. The van der Waals surface area contributed by atoms with Gasteiger partial charge in [0.15, 0.2) is 11.5 Å². The molecule has 0 aromatic heterocycles. The predicted octanol–water partition coefficient (Wildman–Crippen LogP) is 2.57. The van der Waals surface area contributed by atoms with Crippen molar-refractivity contribution in [3.8, 4) is 11.5 Å². The van der Waals surface area contributed by atoms with Crippen molar-refractivity contribution >= 4 is 17.8 Å². The lowest BCUT2D eigenvalue weighted by Crippen LogP contribution is -2.35. The van der Waals surface area contributed by atoms with Crippen LogP contribution in [-0.4, -0.2) is 30.4 Å². The number of hydrogen-bond acceptors (Lipinski definition) is 4. The summed E-state index contributed by atoms with van der Waals surface area (Å²) in [6, 6.07) is 2.79. The van der Waals surface area contributed by atoms with Gasteiger partial charge in [0.1, 0.15) is 0 Å². The first-order chi connectivity index (χ1) is 9.55. The van der Waals surface area contributed by atoms with Crippen molar-refractivity contribution in [1.82, 2.24) is 5.32 Å². The fourth-order valence-corrected chi connectivity index (χ4v) is 2.03. The molecule has 1 unspecified atom stereocenters. The minimum Gasteiger partial charge on any atom is -0.504 e. The Morgan fingerprint density at radius 2 is 2.30 bits per heavy atom. The van der Waals surface area contributed by atoms with Crippen LogP contribution in [0.2, 0.25) is 0 Å². The number of ether oxygens (including phenoxy) is 1. The molecule has 1 atom stereocenters. The quantitative estimate of drug-likeness (QED) is 0.832. The molecule has 0 radical (unpaired) electrons. The Morgan fingerprint density at radius 3 is 2.95 bits per heavy atom. The SMILES string of the molecule is C/C=C(/C)CC1C=Nc2cc(O)c(OC)cc2C(=O)N1. The number of hydrogen-bond donors (Lipinski definition) is 2. The summed E-state index contributed by atoms with van der Waals surface area (Å²) < 4.78 is 5.02. The number of phenolic OH excluding ortho intramolecular Hbond substituents is 1. The van der Waals surface area contributed by atoms with Crippen LogP contribution in [-0.2, 0) is 0 Å². The largest absolute Gasteiger partial charge is 0.504 e. The number of benzene rings is 1. The van der Waals surface area contributed by atoms with Crippen LogP contribution in [0, 0.1) is 0 Å². The average molecular weight is 274 g/mol. The second-order valence-electron chi connectivity index (χ2n) is 4.74. The summed E-state index contributed by atoms with van der Waals surface area (Å²) >= 11 is 0. The Hall–Kier alpha value is -2.30. The maximum Gasteiger partial charge on any atom is 0.254 e. The highest BCUT2D eigenvalue weighted by atomic mass is 16.5. The van der Waals surface area contributed by atoms with Gasteiger partial charge < -0.3 is 15.2 Å². The number of fused-ring (bicyclic) bond motifs is 1. The van der Waals surface area contributed by atoms with Gasteiger partial charge in [-0.25, -0.2) is 0 Å². The molecule has 0 saturated carbocycles. The van der Waals surface area contributed by atoms with E-state index in [1.807, 2.05) is 19.9 Å². The summed E-state index contributed by atoms with van der Waals surface area (Å²) in [7, 11) is 1.44. The lowest BCUT2D eigenvalue weighted by atomic mass is 10.1. The highest BCUT2D eigenvalue weighted by Crippen LogP contribution is 2.34. The standard InChI is InChI=1S/C15H18N2O3/c1-4-9(2)5-10-8-16-12-7-13(18)14(20-3)6-11(12)15(19)17-10/h4,6-8,10,18H,5H2,1-3H3,(H,17,19)/b9-4-. The second kappa shape index (κ2) is 5.77. The average Bonchev–Trinajstić information content (AvgIpc) is 2.57. The van der Waals surface area contributed by atoms with E-state index in [4.69, 9.17) is 4.74 Å². The van der Waals surface area contributed by atoms with Crippen LogP contribution in [0.15, 0.2) is 28.8 Å². The summed E-state index contributed by atoms with van der Waals surface area (Å²) in [6.07, 6.45) is 4.42. The number of methoxy groups -OCH3 is 1. The maximum atomic E-state index is 12.2. The van der Waals surface area contributed by atoms with Gasteiger partial charge in [0.2, 0.25) is 0 Å². The summed E-state index contributed by atoms with van der Waals surface area (Å²) in [5.41, 5.74) is 2.02. The maximum absolute atomic E-state index is 12.2. The zero-order chi connectivity index (χ0) is 14.7. The molecule has 1 heterocycles. The third-order valence-corrected chi connectivity index (χ3v) is 3.29. The van der Waals surface area contributed by atoms with Crippen LogP contribution >= 0.6 is 0 Å². The van der Waals surface area contributed by atoms with Gasteiger partial charge in [0.25, 0.3) is 5.91 Å². The molecule has 0 aliphatic carbocycles. The molecule has 1 aromatic rings. The molecule has 2 N–H and O–H groups in total. The number of aromatic hydroxyl groups is 1. The molecular formula is C15H18N2O3. The van der Waals surface area contributed by atoms with Crippen molar-refractivity contribution in [2.24, 2.45) is 4.99 Å². The third kappa shape index (κ3) is 2.82. The molecule has 5 nitrogen and oxygen atoms in total. The smallest absolute Gasteiger partial charge is 0.254 e. The van der Waals surface area contributed by atoms with Gasteiger partial charge in [-0.05, 0) is 26.3 Å². The number of aliphatic imine (C=N–C) groups is 1. The number of nitrogens with zero attached hydrogens (tertiary/aromatic N) is 1. The molecule has 0 spiro atoms. The van der Waals surface area contributed by atoms with E-state index in [0.717, 1.165) is 0 Å². The first-order valence-corrected chi connectivity index (χ1v) is 6.43. The minimum absolute atomic E-state index is 0.0284. The van der Waals surface area contributed by atoms with Crippen LogP contribution < -0.4 is 10.1 Å². The molecule has 106 valence electrons. The lowest BCUT2D eigenvalue weighted by molar-refractivity contribution is 0.0949. The molecule has 5 heteroatoms. The molecule has 0 saturated heterocycles.